The van der Waals surface area contributed by atoms with Crippen molar-refractivity contribution in [3.05, 3.63) is 18.0 Å². The molecule has 0 spiro atoms. The Morgan fingerprint density at radius 2 is 2.41 bits per heavy atom. The summed E-state index contributed by atoms with van der Waals surface area (Å²) >= 11 is 0. The van der Waals surface area contributed by atoms with Gasteiger partial charge in [0.05, 0.1) is 12.8 Å². The molecule has 0 radical (unpaired) electrons. The lowest BCUT2D eigenvalue weighted by Crippen LogP contribution is -2.36. The molecule has 96 valence electrons. The van der Waals surface area contributed by atoms with Gasteiger partial charge in [0.2, 0.25) is 0 Å². The van der Waals surface area contributed by atoms with Crippen molar-refractivity contribution in [2.24, 2.45) is 12.8 Å². The summed E-state index contributed by atoms with van der Waals surface area (Å²) < 4.78 is 6.94. The van der Waals surface area contributed by atoms with E-state index in [1.54, 1.807) is 11.8 Å². The van der Waals surface area contributed by atoms with Crippen molar-refractivity contribution in [3.63, 3.8) is 0 Å². The number of hydrogen-bond donors (Lipinski definition) is 1. The molecule has 1 aromatic rings. The van der Waals surface area contributed by atoms with Crippen LogP contribution in [0.25, 0.3) is 0 Å². The number of methoxy groups -OCH3 is 1. The Kier molecular flexibility index (Phi) is 4.15. The Morgan fingerprint density at radius 1 is 1.65 bits per heavy atom. The predicted octanol–water partition coefficient (Wildman–Crippen LogP) is 0.531. The maximum Gasteiger partial charge on any atom is 0.0589 e. The average molecular weight is 238 g/mol. The maximum atomic E-state index is 6.21. The summed E-state index contributed by atoms with van der Waals surface area (Å²) in [5.74, 6) is 0. The summed E-state index contributed by atoms with van der Waals surface area (Å²) in [6, 6.07) is 0.758. The van der Waals surface area contributed by atoms with Crippen LogP contribution < -0.4 is 5.73 Å². The third kappa shape index (κ3) is 3.52. The molecule has 0 aromatic carbocycles. The van der Waals surface area contributed by atoms with Gasteiger partial charge in [-0.3, -0.25) is 9.58 Å². The lowest BCUT2D eigenvalue weighted by Gasteiger charge is -2.24. The minimum atomic E-state index is 0.0427. The minimum absolute atomic E-state index is 0.0427. The molecule has 0 aliphatic heterocycles. The Hall–Kier alpha value is -0.910. The van der Waals surface area contributed by atoms with Gasteiger partial charge in [-0.25, -0.2) is 0 Å². The Balaban J connectivity index is 1.88. The fourth-order valence-electron chi connectivity index (χ4n) is 2.06. The van der Waals surface area contributed by atoms with Crippen LogP contribution in [0.4, 0.5) is 0 Å². The van der Waals surface area contributed by atoms with Crippen LogP contribution in [0.3, 0.4) is 0 Å². The smallest absolute Gasteiger partial charge is 0.0589 e. The highest BCUT2D eigenvalue weighted by Gasteiger charge is 2.29. The van der Waals surface area contributed by atoms with Gasteiger partial charge < -0.3 is 10.5 Å². The van der Waals surface area contributed by atoms with Gasteiger partial charge in [0.1, 0.15) is 0 Å². The zero-order valence-electron chi connectivity index (χ0n) is 10.7. The summed E-state index contributed by atoms with van der Waals surface area (Å²) in [7, 11) is 3.66. The Bertz CT molecular complexity index is 348. The molecule has 1 aliphatic carbocycles. The first kappa shape index (κ1) is 12.5. The number of nitrogens with zero attached hydrogens (tertiary/aromatic N) is 3. The molecule has 5 heteroatoms. The Morgan fingerprint density at radius 3 is 2.94 bits per heavy atom. The molecule has 1 aromatic heterocycles. The highest BCUT2D eigenvalue weighted by molar-refractivity contribution is 5.10. The normalized spacial score (nSPS) is 17.6. The minimum Gasteiger partial charge on any atom is -0.383 e. The standard InChI is InChI=1S/C12H22N4O/c1-15-8-10(7-14-15)12(13)9-16(5-6-17-2)11-3-4-11/h7-8,11-12H,3-6,9,13H2,1-2H3. The van der Waals surface area contributed by atoms with Gasteiger partial charge in [0.15, 0.2) is 0 Å². The lowest BCUT2D eigenvalue weighted by atomic mass is 10.1. The van der Waals surface area contributed by atoms with Crippen LogP contribution in [-0.2, 0) is 11.8 Å². The molecule has 5 nitrogen and oxygen atoms in total. The molecule has 1 fully saturated rings. The van der Waals surface area contributed by atoms with Crippen LogP contribution in [0.15, 0.2) is 12.4 Å². The third-order valence-electron chi connectivity index (χ3n) is 3.23. The van der Waals surface area contributed by atoms with E-state index in [1.165, 1.54) is 12.8 Å². The molecule has 0 amide bonds. The van der Waals surface area contributed by atoms with Gasteiger partial charge in [-0.05, 0) is 12.8 Å². The molecule has 1 heterocycles. The van der Waals surface area contributed by atoms with Gasteiger partial charge in [0.25, 0.3) is 0 Å². The number of aryl methyl sites for hydroxylation is 1. The first-order chi connectivity index (χ1) is 8.20. The van der Waals surface area contributed by atoms with E-state index >= 15 is 0 Å². The number of rotatable bonds is 7. The van der Waals surface area contributed by atoms with Crippen molar-refractivity contribution in [1.82, 2.24) is 14.7 Å². The highest BCUT2D eigenvalue weighted by Crippen LogP contribution is 2.27. The molecule has 0 bridgehead atoms. The van der Waals surface area contributed by atoms with E-state index in [0.29, 0.717) is 6.04 Å². The first-order valence-electron chi connectivity index (χ1n) is 6.18. The van der Waals surface area contributed by atoms with Gasteiger partial charge >= 0.3 is 0 Å². The topological polar surface area (TPSA) is 56.3 Å². The summed E-state index contributed by atoms with van der Waals surface area (Å²) in [4.78, 5) is 2.43. The van der Waals surface area contributed by atoms with Crippen LogP contribution >= 0.6 is 0 Å². The molecular weight excluding hydrogens is 216 g/mol. The van der Waals surface area contributed by atoms with Crippen LogP contribution in [0.1, 0.15) is 24.4 Å². The van der Waals surface area contributed by atoms with Crippen LogP contribution in [0.5, 0.6) is 0 Å². The molecule has 1 aliphatic rings. The van der Waals surface area contributed by atoms with Crippen molar-refractivity contribution in [1.29, 1.82) is 0 Å². The van der Waals surface area contributed by atoms with E-state index in [0.717, 1.165) is 25.3 Å². The van der Waals surface area contributed by atoms with E-state index in [9.17, 15) is 0 Å². The van der Waals surface area contributed by atoms with Crippen LogP contribution in [0.2, 0.25) is 0 Å². The quantitative estimate of drug-likeness (QED) is 0.753. The third-order valence-corrected chi connectivity index (χ3v) is 3.23. The molecular formula is C12H22N4O. The van der Waals surface area contributed by atoms with Crippen molar-refractivity contribution < 1.29 is 4.74 Å². The fraction of sp³-hybridized carbons (Fsp3) is 0.750. The number of aromatic nitrogens is 2. The second kappa shape index (κ2) is 5.62. The molecule has 2 rings (SSSR count). The average Bonchev–Trinajstić information content (AvgIpc) is 3.06. The number of hydrogen-bond acceptors (Lipinski definition) is 4. The van der Waals surface area contributed by atoms with Crippen LogP contribution in [0, 0.1) is 0 Å². The fourth-order valence-corrected chi connectivity index (χ4v) is 2.06. The zero-order chi connectivity index (χ0) is 12.3. The molecule has 0 saturated heterocycles. The number of ether oxygens (including phenoxy) is 1. The van der Waals surface area contributed by atoms with Crippen molar-refractivity contribution in [3.8, 4) is 0 Å². The largest absolute Gasteiger partial charge is 0.383 e. The molecule has 1 atom stereocenters. The van der Waals surface area contributed by atoms with Crippen LogP contribution in [-0.4, -0.2) is 47.5 Å². The maximum absolute atomic E-state index is 6.21. The predicted molar refractivity (Wildman–Crippen MR) is 66.6 cm³/mol. The second-order valence-corrected chi connectivity index (χ2v) is 4.77. The van der Waals surface area contributed by atoms with Gasteiger partial charge in [-0.1, -0.05) is 0 Å². The van der Waals surface area contributed by atoms with Gasteiger partial charge in [-0.2, -0.15) is 5.10 Å². The SMILES string of the molecule is COCCN(CC(N)c1cnn(C)c1)C1CC1. The number of nitrogens with two attached hydrogens (primary N) is 1. The molecule has 2 N–H and O–H groups in total. The summed E-state index contributed by atoms with van der Waals surface area (Å²) in [6.07, 6.45) is 6.44. The zero-order valence-corrected chi connectivity index (χ0v) is 10.7. The van der Waals surface area contributed by atoms with E-state index in [2.05, 4.69) is 10.00 Å². The summed E-state index contributed by atoms with van der Waals surface area (Å²) in [5, 5.41) is 4.16. The van der Waals surface area contributed by atoms with E-state index in [1.807, 2.05) is 19.4 Å². The van der Waals surface area contributed by atoms with Crippen molar-refractivity contribution in [2.45, 2.75) is 24.9 Å². The molecule has 1 saturated carbocycles. The summed E-state index contributed by atoms with van der Waals surface area (Å²) in [5.41, 5.74) is 7.32. The Labute approximate surface area is 103 Å². The van der Waals surface area contributed by atoms with Crippen molar-refractivity contribution in [2.75, 3.05) is 26.8 Å². The molecule has 17 heavy (non-hydrogen) atoms. The van der Waals surface area contributed by atoms with E-state index in [-0.39, 0.29) is 6.04 Å². The molecule has 1 unspecified atom stereocenters. The van der Waals surface area contributed by atoms with E-state index in [4.69, 9.17) is 10.5 Å². The lowest BCUT2D eigenvalue weighted by molar-refractivity contribution is 0.139. The van der Waals surface area contributed by atoms with Crippen molar-refractivity contribution >= 4 is 0 Å². The summed E-state index contributed by atoms with van der Waals surface area (Å²) in [6.45, 7) is 2.63. The second-order valence-electron chi connectivity index (χ2n) is 4.77. The monoisotopic (exact) mass is 238 g/mol. The highest BCUT2D eigenvalue weighted by atomic mass is 16.5. The van der Waals surface area contributed by atoms with Gasteiger partial charge in [-0.15, -0.1) is 0 Å². The van der Waals surface area contributed by atoms with E-state index < -0.39 is 0 Å². The van der Waals surface area contributed by atoms with Gasteiger partial charge in [0, 0.05) is 51.1 Å². The first-order valence-corrected chi connectivity index (χ1v) is 6.18.